The number of ether oxygens (including phenoxy) is 2. The van der Waals surface area contributed by atoms with E-state index >= 15 is 0 Å². The Balaban J connectivity index is 1.79. The largest absolute Gasteiger partial charge is 0.492 e. The van der Waals surface area contributed by atoms with Crippen molar-refractivity contribution in [2.75, 3.05) is 20.3 Å². The molecule has 5 nitrogen and oxygen atoms in total. The normalized spacial score (nSPS) is 15.3. The smallest absolute Gasteiger partial charge is 0.337 e. The maximum Gasteiger partial charge on any atom is 0.337 e. The maximum absolute atomic E-state index is 12.1. The number of H-pyrrole nitrogens is 1. The van der Waals surface area contributed by atoms with Gasteiger partial charge in [0, 0.05) is 29.0 Å². The van der Waals surface area contributed by atoms with E-state index in [1.807, 2.05) is 42.5 Å². The number of hydrogen-bond donors (Lipinski definition) is 2. The van der Waals surface area contributed by atoms with Gasteiger partial charge in [0.2, 0.25) is 0 Å². The maximum atomic E-state index is 12.1. The van der Waals surface area contributed by atoms with Crippen molar-refractivity contribution in [3.63, 3.8) is 0 Å². The number of esters is 1. The number of carbonyl (C=O) groups excluding carboxylic acids is 1. The van der Waals surface area contributed by atoms with Gasteiger partial charge in [0.25, 0.3) is 0 Å². The summed E-state index contributed by atoms with van der Waals surface area (Å²) in [6.07, 6.45) is 8.58. The Kier molecular flexibility index (Phi) is 7.50. The van der Waals surface area contributed by atoms with Crippen LogP contribution in [0, 0.1) is 5.92 Å². The van der Waals surface area contributed by atoms with Gasteiger partial charge in [-0.3, -0.25) is 0 Å². The van der Waals surface area contributed by atoms with Crippen molar-refractivity contribution in [1.29, 1.82) is 0 Å². The molecular weight excluding hydrogens is 414 g/mol. The van der Waals surface area contributed by atoms with Gasteiger partial charge in [0.15, 0.2) is 0 Å². The van der Waals surface area contributed by atoms with Gasteiger partial charge in [-0.25, -0.2) is 4.79 Å². The Morgan fingerprint density at radius 1 is 1.21 bits per heavy atom. The van der Waals surface area contributed by atoms with Gasteiger partial charge < -0.3 is 19.6 Å². The van der Waals surface area contributed by atoms with Crippen LogP contribution in [0.2, 0.25) is 0 Å². The minimum atomic E-state index is -0.340. The fourth-order valence-electron chi connectivity index (χ4n) is 4.93. The molecule has 1 aliphatic carbocycles. The van der Waals surface area contributed by atoms with E-state index in [2.05, 4.69) is 17.6 Å². The first kappa shape index (κ1) is 23.1. The van der Waals surface area contributed by atoms with Crippen LogP contribution in [-0.2, 0) is 4.74 Å². The van der Waals surface area contributed by atoms with E-state index in [9.17, 15) is 9.90 Å². The highest BCUT2D eigenvalue weighted by Gasteiger charge is 2.25. The molecule has 3 aromatic rings. The van der Waals surface area contributed by atoms with Crippen molar-refractivity contribution in [1.82, 2.24) is 4.98 Å². The Morgan fingerprint density at radius 3 is 2.73 bits per heavy atom. The lowest BCUT2D eigenvalue weighted by Gasteiger charge is -2.23. The number of methoxy groups -OCH3 is 1. The first-order valence-corrected chi connectivity index (χ1v) is 11.8. The molecule has 1 atom stereocenters. The van der Waals surface area contributed by atoms with E-state index in [4.69, 9.17) is 9.47 Å². The molecule has 0 saturated heterocycles. The number of aromatic amines is 1. The van der Waals surface area contributed by atoms with Gasteiger partial charge >= 0.3 is 5.97 Å². The first-order chi connectivity index (χ1) is 16.2. The number of fused-ring (bicyclic) bond motifs is 1. The van der Waals surface area contributed by atoms with Gasteiger partial charge in [0.1, 0.15) is 5.75 Å². The molecular formula is C28H33NO4. The molecule has 0 radical (unpaired) electrons. The summed E-state index contributed by atoms with van der Waals surface area (Å²) in [4.78, 5) is 15.7. The van der Waals surface area contributed by atoms with Crippen molar-refractivity contribution in [2.45, 2.75) is 44.4 Å². The van der Waals surface area contributed by atoms with Crippen LogP contribution in [0.15, 0.2) is 55.1 Å². The highest BCUT2D eigenvalue weighted by Crippen LogP contribution is 2.44. The molecule has 4 rings (SSSR count). The third kappa shape index (κ3) is 4.98. The Bertz CT molecular complexity index is 1110. The van der Waals surface area contributed by atoms with Crippen LogP contribution >= 0.6 is 0 Å². The van der Waals surface area contributed by atoms with Crippen molar-refractivity contribution in [3.05, 3.63) is 66.2 Å². The average Bonchev–Trinajstić information content (AvgIpc) is 3.25. The minimum absolute atomic E-state index is 0.0127. The molecule has 1 aliphatic rings. The van der Waals surface area contributed by atoms with Crippen molar-refractivity contribution in [3.8, 4) is 17.0 Å². The van der Waals surface area contributed by atoms with E-state index in [-0.39, 0.29) is 18.5 Å². The zero-order valence-corrected chi connectivity index (χ0v) is 19.3. The number of carbonyl (C=O) groups is 1. The summed E-state index contributed by atoms with van der Waals surface area (Å²) in [5.74, 6) is 0.925. The Hall–Kier alpha value is -3.05. The van der Waals surface area contributed by atoms with Gasteiger partial charge in [-0.15, -0.1) is 6.58 Å². The fraction of sp³-hybridized carbons (Fsp3) is 0.393. The number of nitrogens with one attached hydrogen (secondary N) is 1. The molecule has 2 aromatic carbocycles. The number of allylic oxidation sites excluding steroid dienone is 1. The lowest BCUT2D eigenvalue weighted by molar-refractivity contribution is 0.0601. The molecule has 0 amide bonds. The van der Waals surface area contributed by atoms with Crippen molar-refractivity contribution in [2.24, 2.45) is 5.92 Å². The number of hydrogen-bond acceptors (Lipinski definition) is 4. The molecule has 1 aromatic heterocycles. The van der Waals surface area contributed by atoms with Crippen LogP contribution in [0.25, 0.3) is 22.2 Å². The van der Waals surface area contributed by atoms with Crippen LogP contribution in [0.5, 0.6) is 5.75 Å². The molecule has 0 unspecified atom stereocenters. The fourth-order valence-corrected chi connectivity index (χ4v) is 4.93. The highest BCUT2D eigenvalue weighted by atomic mass is 16.5. The van der Waals surface area contributed by atoms with Gasteiger partial charge in [-0.2, -0.15) is 0 Å². The number of aliphatic hydroxyl groups excluding tert-OH is 1. The second kappa shape index (κ2) is 10.7. The van der Waals surface area contributed by atoms with Gasteiger partial charge in [-0.05, 0) is 55.0 Å². The molecule has 2 N–H and O–H groups in total. The zero-order chi connectivity index (χ0) is 23.2. The highest BCUT2D eigenvalue weighted by molar-refractivity contribution is 5.98. The van der Waals surface area contributed by atoms with Crippen LogP contribution in [0.3, 0.4) is 0 Å². The van der Waals surface area contributed by atoms with Crippen molar-refractivity contribution < 1.29 is 19.4 Å². The van der Waals surface area contributed by atoms with Crippen LogP contribution in [0.1, 0.15) is 60.4 Å². The molecule has 0 spiro atoms. The summed E-state index contributed by atoms with van der Waals surface area (Å²) in [7, 11) is 1.40. The van der Waals surface area contributed by atoms with Crippen molar-refractivity contribution >= 4 is 16.9 Å². The number of aromatic nitrogens is 1. The molecule has 5 heteroatoms. The molecule has 0 bridgehead atoms. The second-order valence-corrected chi connectivity index (χ2v) is 8.88. The molecule has 0 aliphatic heterocycles. The molecule has 33 heavy (non-hydrogen) atoms. The summed E-state index contributed by atoms with van der Waals surface area (Å²) in [6.45, 7) is 4.26. The van der Waals surface area contributed by atoms with E-state index in [1.165, 1.54) is 31.9 Å². The molecule has 1 saturated carbocycles. The van der Waals surface area contributed by atoms with Crippen LogP contribution < -0.4 is 4.74 Å². The predicted octanol–water partition coefficient (Wildman–Crippen LogP) is 6.23. The SMILES string of the molecule is C=CC[C@H](CO)COc1ccccc1-c1[nH]c2cc(C(=O)OC)ccc2c1C1CCCCC1. The number of aliphatic hydroxyl groups is 1. The summed E-state index contributed by atoms with van der Waals surface area (Å²) < 4.78 is 11.1. The third-order valence-electron chi connectivity index (χ3n) is 6.66. The van der Waals surface area contributed by atoms with E-state index in [0.717, 1.165) is 40.8 Å². The quantitative estimate of drug-likeness (QED) is 0.301. The first-order valence-electron chi connectivity index (χ1n) is 11.8. The standard InChI is InChI=1S/C28H33NO4/c1-3-9-19(17-30)18-33-25-13-8-7-12-23(25)27-26(20-10-5-4-6-11-20)22-15-14-21(28(31)32-2)16-24(22)29-27/h3,7-8,12-16,19-20,29-30H,1,4-6,9-11,17-18H2,2H3/t19-/m1/s1. The van der Waals surface area contributed by atoms with Gasteiger partial charge in [0.05, 0.1) is 25.0 Å². The summed E-state index contributed by atoms with van der Waals surface area (Å²) in [5, 5.41) is 10.8. The Morgan fingerprint density at radius 2 is 2.00 bits per heavy atom. The van der Waals surface area contributed by atoms with Crippen LogP contribution in [-0.4, -0.2) is 36.4 Å². The molecule has 1 heterocycles. The van der Waals surface area contributed by atoms with Gasteiger partial charge in [-0.1, -0.05) is 43.5 Å². The number of rotatable bonds is 9. The lowest BCUT2D eigenvalue weighted by atomic mass is 9.81. The van der Waals surface area contributed by atoms with E-state index in [0.29, 0.717) is 24.5 Å². The molecule has 1 fully saturated rings. The predicted molar refractivity (Wildman–Crippen MR) is 132 cm³/mol. The number of para-hydroxylation sites is 1. The number of benzene rings is 2. The minimum Gasteiger partial charge on any atom is -0.492 e. The second-order valence-electron chi connectivity index (χ2n) is 8.88. The Labute approximate surface area is 195 Å². The average molecular weight is 448 g/mol. The summed E-state index contributed by atoms with van der Waals surface area (Å²) >= 11 is 0. The monoisotopic (exact) mass is 447 g/mol. The van der Waals surface area contributed by atoms with E-state index in [1.54, 1.807) is 0 Å². The summed E-state index contributed by atoms with van der Waals surface area (Å²) in [5.41, 5.74) is 4.83. The third-order valence-corrected chi connectivity index (χ3v) is 6.66. The van der Waals surface area contributed by atoms with E-state index < -0.39 is 0 Å². The molecule has 174 valence electrons. The zero-order valence-electron chi connectivity index (χ0n) is 19.3. The topological polar surface area (TPSA) is 71.5 Å². The van der Waals surface area contributed by atoms with Crippen LogP contribution in [0.4, 0.5) is 0 Å². The lowest BCUT2D eigenvalue weighted by Crippen LogP contribution is -2.15. The summed E-state index contributed by atoms with van der Waals surface area (Å²) in [6, 6.07) is 13.8.